The summed E-state index contributed by atoms with van der Waals surface area (Å²) in [6.45, 7) is 1.74. The van der Waals surface area contributed by atoms with Crippen LogP contribution in [0.15, 0.2) is 10.5 Å². The summed E-state index contributed by atoms with van der Waals surface area (Å²) in [6, 6.07) is 1.47. The minimum absolute atomic E-state index is 0.114. The average Bonchev–Trinajstić information content (AvgIpc) is 2.17. The molecule has 15 heavy (non-hydrogen) atoms. The van der Waals surface area contributed by atoms with E-state index in [-0.39, 0.29) is 5.56 Å². The van der Waals surface area contributed by atoms with E-state index in [1.807, 2.05) is 0 Å². The molecule has 82 valence electrons. The molecule has 0 aliphatic rings. The zero-order valence-corrected chi connectivity index (χ0v) is 10.2. The Bertz CT molecular complexity index is 401. The molecule has 0 radical (unpaired) electrons. The standard InChI is InChI=1S/C10H11BrO4/c1-5-8(14-2)6(10(12)13)4-7(11)9(5)15-3/h4H,1-3H3,(H,12,13). The summed E-state index contributed by atoms with van der Waals surface area (Å²) >= 11 is 3.25. The van der Waals surface area contributed by atoms with Gasteiger partial charge in [-0.05, 0) is 28.9 Å². The highest BCUT2D eigenvalue weighted by molar-refractivity contribution is 9.10. The minimum Gasteiger partial charge on any atom is -0.495 e. The predicted octanol–water partition coefficient (Wildman–Crippen LogP) is 2.47. The van der Waals surface area contributed by atoms with Gasteiger partial charge >= 0.3 is 5.97 Å². The van der Waals surface area contributed by atoms with E-state index in [0.717, 1.165) is 0 Å². The SMILES string of the molecule is COc1c(Br)cc(C(=O)O)c(OC)c1C. The molecule has 0 saturated carbocycles. The number of benzene rings is 1. The number of carboxylic acid groups (broad SMARTS) is 1. The molecule has 1 rings (SSSR count). The monoisotopic (exact) mass is 274 g/mol. The van der Waals surface area contributed by atoms with Gasteiger partial charge in [-0.15, -0.1) is 0 Å². The number of rotatable bonds is 3. The number of aromatic carboxylic acids is 1. The van der Waals surface area contributed by atoms with Crippen molar-refractivity contribution in [3.05, 3.63) is 21.7 Å². The van der Waals surface area contributed by atoms with Crippen LogP contribution in [0.2, 0.25) is 0 Å². The Morgan fingerprint density at radius 1 is 1.33 bits per heavy atom. The van der Waals surface area contributed by atoms with Crippen LogP contribution in [-0.2, 0) is 0 Å². The van der Waals surface area contributed by atoms with Crippen LogP contribution in [0.25, 0.3) is 0 Å². The molecule has 0 bridgehead atoms. The Hall–Kier alpha value is -1.23. The number of halogens is 1. The highest BCUT2D eigenvalue weighted by atomic mass is 79.9. The van der Waals surface area contributed by atoms with Gasteiger partial charge in [0.15, 0.2) is 0 Å². The summed E-state index contributed by atoms with van der Waals surface area (Å²) in [6.07, 6.45) is 0. The molecule has 0 saturated heterocycles. The Morgan fingerprint density at radius 3 is 2.27 bits per heavy atom. The van der Waals surface area contributed by atoms with Gasteiger partial charge in [0.25, 0.3) is 0 Å². The van der Waals surface area contributed by atoms with Gasteiger partial charge in [0.1, 0.15) is 17.1 Å². The third-order valence-corrected chi connectivity index (χ3v) is 2.64. The molecule has 0 aliphatic carbocycles. The molecular weight excluding hydrogens is 264 g/mol. The Morgan fingerprint density at radius 2 is 1.87 bits per heavy atom. The molecule has 0 aliphatic heterocycles. The zero-order chi connectivity index (χ0) is 11.6. The van der Waals surface area contributed by atoms with Gasteiger partial charge < -0.3 is 14.6 Å². The Balaban J connectivity index is 3.51. The first-order valence-electron chi connectivity index (χ1n) is 4.17. The molecular formula is C10H11BrO4. The summed E-state index contributed by atoms with van der Waals surface area (Å²) in [7, 11) is 2.95. The van der Waals surface area contributed by atoms with Crippen LogP contribution < -0.4 is 9.47 Å². The van der Waals surface area contributed by atoms with Crippen LogP contribution in [0.4, 0.5) is 0 Å². The van der Waals surface area contributed by atoms with E-state index in [9.17, 15) is 4.79 Å². The molecule has 0 aromatic heterocycles. The van der Waals surface area contributed by atoms with Crippen LogP contribution in [0.1, 0.15) is 15.9 Å². The van der Waals surface area contributed by atoms with E-state index in [2.05, 4.69) is 15.9 Å². The van der Waals surface area contributed by atoms with Crippen LogP contribution in [0, 0.1) is 6.92 Å². The molecule has 0 amide bonds. The van der Waals surface area contributed by atoms with Crippen molar-refractivity contribution in [3.63, 3.8) is 0 Å². The van der Waals surface area contributed by atoms with Crippen molar-refractivity contribution in [1.29, 1.82) is 0 Å². The van der Waals surface area contributed by atoms with E-state index in [4.69, 9.17) is 14.6 Å². The molecule has 0 unspecified atom stereocenters. The van der Waals surface area contributed by atoms with Crippen LogP contribution in [0.5, 0.6) is 11.5 Å². The van der Waals surface area contributed by atoms with Gasteiger partial charge in [-0.1, -0.05) is 0 Å². The van der Waals surface area contributed by atoms with Gasteiger partial charge in [-0.3, -0.25) is 0 Å². The van der Waals surface area contributed by atoms with E-state index in [0.29, 0.717) is 21.5 Å². The first kappa shape index (κ1) is 11.8. The molecule has 4 nitrogen and oxygen atoms in total. The largest absolute Gasteiger partial charge is 0.495 e. The van der Waals surface area contributed by atoms with E-state index < -0.39 is 5.97 Å². The van der Waals surface area contributed by atoms with Gasteiger partial charge in [0, 0.05) is 5.56 Å². The van der Waals surface area contributed by atoms with Gasteiger partial charge in [0.05, 0.1) is 18.7 Å². The lowest BCUT2D eigenvalue weighted by molar-refractivity contribution is 0.0693. The number of methoxy groups -OCH3 is 2. The fourth-order valence-corrected chi connectivity index (χ4v) is 2.10. The second-order valence-corrected chi connectivity index (χ2v) is 3.76. The summed E-state index contributed by atoms with van der Waals surface area (Å²) in [5, 5.41) is 8.97. The van der Waals surface area contributed by atoms with Gasteiger partial charge in [-0.2, -0.15) is 0 Å². The van der Waals surface area contributed by atoms with Crippen molar-refractivity contribution in [3.8, 4) is 11.5 Å². The summed E-state index contributed by atoms with van der Waals surface area (Å²) in [5.74, 6) is -0.127. The lowest BCUT2D eigenvalue weighted by Crippen LogP contribution is -2.04. The van der Waals surface area contributed by atoms with E-state index in [1.54, 1.807) is 6.92 Å². The molecule has 1 aromatic carbocycles. The predicted molar refractivity (Wildman–Crippen MR) is 58.9 cm³/mol. The third kappa shape index (κ3) is 2.07. The minimum atomic E-state index is -1.03. The molecule has 1 N–H and O–H groups in total. The fourth-order valence-electron chi connectivity index (χ4n) is 1.41. The number of carboxylic acids is 1. The summed E-state index contributed by atoms with van der Waals surface area (Å²) in [5.41, 5.74) is 0.773. The smallest absolute Gasteiger partial charge is 0.339 e. The fraction of sp³-hybridized carbons (Fsp3) is 0.300. The number of carbonyl (C=O) groups is 1. The molecule has 0 fully saturated rings. The highest BCUT2D eigenvalue weighted by Crippen LogP contribution is 2.37. The van der Waals surface area contributed by atoms with Gasteiger partial charge in [-0.25, -0.2) is 4.79 Å². The maximum atomic E-state index is 10.9. The molecule has 0 spiro atoms. The zero-order valence-electron chi connectivity index (χ0n) is 8.63. The van der Waals surface area contributed by atoms with E-state index >= 15 is 0 Å². The second-order valence-electron chi connectivity index (χ2n) is 2.90. The molecule has 5 heteroatoms. The third-order valence-electron chi connectivity index (χ3n) is 2.05. The molecule has 0 heterocycles. The first-order chi connectivity index (χ1) is 7.02. The van der Waals surface area contributed by atoms with Crippen molar-refractivity contribution in [2.24, 2.45) is 0 Å². The topological polar surface area (TPSA) is 55.8 Å². The van der Waals surface area contributed by atoms with Crippen molar-refractivity contribution >= 4 is 21.9 Å². The lowest BCUT2D eigenvalue weighted by Gasteiger charge is -2.13. The maximum Gasteiger partial charge on any atom is 0.339 e. The maximum absolute atomic E-state index is 10.9. The van der Waals surface area contributed by atoms with E-state index in [1.165, 1.54) is 20.3 Å². The second kappa shape index (κ2) is 4.53. The van der Waals surface area contributed by atoms with Crippen molar-refractivity contribution in [1.82, 2.24) is 0 Å². The Kier molecular flexibility index (Phi) is 3.57. The first-order valence-corrected chi connectivity index (χ1v) is 4.96. The number of ether oxygens (including phenoxy) is 2. The van der Waals surface area contributed by atoms with Crippen LogP contribution >= 0.6 is 15.9 Å². The van der Waals surface area contributed by atoms with Crippen molar-refractivity contribution in [2.45, 2.75) is 6.92 Å². The summed E-state index contributed by atoms with van der Waals surface area (Å²) in [4.78, 5) is 10.9. The quantitative estimate of drug-likeness (QED) is 0.920. The summed E-state index contributed by atoms with van der Waals surface area (Å²) < 4.78 is 10.8. The van der Waals surface area contributed by atoms with Crippen molar-refractivity contribution in [2.75, 3.05) is 14.2 Å². The van der Waals surface area contributed by atoms with Gasteiger partial charge in [0.2, 0.25) is 0 Å². The van der Waals surface area contributed by atoms with Crippen LogP contribution in [-0.4, -0.2) is 25.3 Å². The Labute approximate surface area is 95.9 Å². The molecule has 0 atom stereocenters. The normalized spacial score (nSPS) is 9.87. The highest BCUT2D eigenvalue weighted by Gasteiger charge is 2.19. The average molecular weight is 275 g/mol. The number of hydrogen-bond donors (Lipinski definition) is 1. The lowest BCUT2D eigenvalue weighted by atomic mass is 10.1. The molecule has 1 aromatic rings. The number of hydrogen-bond acceptors (Lipinski definition) is 3. The van der Waals surface area contributed by atoms with Crippen LogP contribution in [0.3, 0.4) is 0 Å². The van der Waals surface area contributed by atoms with Crippen molar-refractivity contribution < 1.29 is 19.4 Å².